The summed E-state index contributed by atoms with van der Waals surface area (Å²) in [6.07, 6.45) is 0. The van der Waals surface area contributed by atoms with Crippen molar-refractivity contribution < 1.29 is 14.8 Å². The van der Waals surface area contributed by atoms with Gasteiger partial charge in [0.2, 0.25) is 0 Å². The van der Waals surface area contributed by atoms with Crippen molar-refractivity contribution in [2.45, 2.75) is 0 Å². The van der Waals surface area contributed by atoms with E-state index in [4.69, 9.17) is 5.21 Å². The predicted molar refractivity (Wildman–Crippen MR) is 35.4 cm³/mol. The van der Waals surface area contributed by atoms with Gasteiger partial charge in [-0.15, -0.1) is 0 Å². The Bertz CT molecular complexity index is 235. The standard InChI is InChI=1S/C5H7N3O3/c1-8-2-3(7-11)4(9)6-5(8)10/h11H,2H2,1H3,(H,6,9,10). The van der Waals surface area contributed by atoms with Gasteiger partial charge in [-0.3, -0.25) is 10.1 Å². The Balaban J connectivity index is 2.78. The molecule has 2 N–H and O–H groups in total. The van der Waals surface area contributed by atoms with Crippen LogP contribution in [0.25, 0.3) is 0 Å². The zero-order valence-corrected chi connectivity index (χ0v) is 5.87. The molecule has 1 fully saturated rings. The summed E-state index contributed by atoms with van der Waals surface area (Å²) < 4.78 is 0. The van der Waals surface area contributed by atoms with E-state index in [0.717, 1.165) is 0 Å². The van der Waals surface area contributed by atoms with E-state index in [9.17, 15) is 9.59 Å². The third-order valence-corrected chi connectivity index (χ3v) is 1.34. The smallest absolute Gasteiger partial charge is 0.324 e. The van der Waals surface area contributed by atoms with E-state index in [-0.39, 0.29) is 12.3 Å². The lowest BCUT2D eigenvalue weighted by molar-refractivity contribution is -0.114. The van der Waals surface area contributed by atoms with Crippen LogP contribution in [0.2, 0.25) is 0 Å². The van der Waals surface area contributed by atoms with Crippen molar-refractivity contribution in [3.8, 4) is 0 Å². The zero-order valence-electron chi connectivity index (χ0n) is 5.87. The molecule has 0 saturated carbocycles. The van der Waals surface area contributed by atoms with Crippen LogP contribution in [0, 0.1) is 0 Å². The third kappa shape index (κ3) is 1.28. The topological polar surface area (TPSA) is 82.0 Å². The lowest BCUT2D eigenvalue weighted by Crippen LogP contribution is -2.53. The van der Waals surface area contributed by atoms with Crippen molar-refractivity contribution in [2.24, 2.45) is 5.16 Å². The van der Waals surface area contributed by atoms with E-state index in [1.54, 1.807) is 0 Å². The number of nitrogens with zero attached hydrogens (tertiary/aromatic N) is 2. The normalized spacial score (nSPS) is 22.3. The molecule has 3 amide bonds. The monoisotopic (exact) mass is 157 g/mol. The SMILES string of the molecule is CN1CC(=NO)C(=O)NC1=O. The van der Waals surface area contributed by atoms with Gasteiger partial charge in [0.25, 0.3) is 5.91 Å². The van der Waals surface area contributed by atoms with Crippen LogP contribution in [0.5, 0.6) is 0 Å². The number of oxime groups is 1. The summed E-state index contributed by atoms with van der Waals surface area (Å²) in [5.41, 5.74) is -0.0629. The van der Waals surface area contributed by atoms with Crippen molar-refractivity contribution >= 4 is 17.6 Å². The zero-order chi connectivity index (χ0) is 8.43. The fourth-order valence-corrected chi connectivity index (χ4v) is 0.710. The number of imide groups is 1. The molecular formula is C5H7N3O3. The first-order valence-corrected chi connectivity index (χ1v) is 2.92. The van der Waals surface area contributed by atoms with Gasteiger partial charge in [0.05, 0.1) is 6.54 Å². The Morgan fingerprint density at radius 2 is 2.27 bits per heavy atom. The van der Waals surface area contributed by atoms with Crippen LogP contribution in [0.15, 0.2) is 5.16 Å². The Morgan fingerprint density at radius 3 is 2.82 bits per heavy atom. The molecule has 6 heteroatoms. The van der Waals surface area contributed by atoms with E-state index in [2.05, 4.69) is 5.16 Å². The van der Waals surface area contributed by atoms with Crippen LogP contribution in [0.3, 0.4) is 0 Å². The molecule has 1 heterocycles. The molecule has 0 bridgehead atoms. The van der Waals surface area contributed by atoms with Crippen LogP contribution < -0.4 is 5.32 Å². The summed E-state index contributed by atoms with van der Waals surface area (Å²) in [4.78, 5) is 22.7. The van der Waals surface area contributed by atoms with Crippen molar-refractivity contribution in [3.63, 3.8) is 0 Å². The van der Waals surface area contributed by atoms with Gasteiger partial charge in [-0.1, -0.05) is 5.16 Å². The number of hydrogen-bond acceptors (Lipinski definition) is 4. The summed E-state index contributed by atoms with van der Waals surface area (Å²) in [6, 6.07) is -0.484. The number of carbonyl (C=O) groups excluding carboxylic acids is 2. The van der Waals surface area contributed by atoms with Gasteiger partial charge in [0, 0.05) is 7.05 Å². The minimum atomic E-state index is -0.643. The van der Waals surface area contributed by atoms with Crippen molar-refractivity contribution in [1.82, 2.24) is 10.2 Å². The van der Waals surface area contributed by atoms with Gasteiger partial charge >= 0.3 is 6.03 Å². The van der Waals surface area contributed by atoms with Crippen LogP contribution >= 0.6 is 0 Å². The summed E-state index contributed by atoms with van der Waals surface area (Å²) in [7, 11) is 1.49. The fraction of sp³-hybridized carbons (Fsp3) is 0.400. The van der Waals surface area contributed by atoms with Gasteiger partial charge < -0.3 is 10.1 Å². The summed E-state index contributed by atoms with van der Waals surface area (Å²) in [6.45, 7) is 0.0428. The molecule has 0 atom stereocenters. The number of nitrogens with one attached hydrogen (secondary N) is 1. The molecule has 6 nitrogen and oxygen atoms in total. The second kappa shape index (κ2) is 2.57. The molecule has 0 aromatic carbocycles. The Hall–Kier alpha value is -1.59. The average molecular weight is 157 g/mol. The van der Waals surface area contributed by atoms with Gasteiger partial charge in [0.1, 0.15) is 0 Å². The fourth-order valence-electron chi connectivity index (χ4n) is 0.710. The Morgan fingerprint density at radius 1 is 1.64 bits per heavy atom. The second-order valence-electron chi connectivity index (χ2n) is 2.16. The molecule has 1 rings (SSSR count). The minimum Gasteiger partial charge on any atom is -0.410 e. The van der Waals surface area contributed by atoms with E-state index in [0.29, 0.717) is 0 Å². The molecule has 1 aliphatic heterocycles. The molecule has 0 aliphatic carbocycles. The Kier molecular flexibility index (Phi) is 1.75. The van der Waals surface area contributed by atoms with Crippen LogP contribution in [0.1, 0.15) is 0 Å². The minimum absolute atomic E-state index is 0.0428. The lowest BCUT2D eigenvalue weighted by Gasteiger charge is -2.21. The van der Waals surface area contributed by atoms with Crippen LogP contribution in [-0.2, 0) is 4.79 Å². The summed E-state index contributed by atoms with van der Waals surface area (Å²) >= 11 is 0. The number of rotatable bonds is 0. The second-order valence-corrected chi connectivity index (χ2v) is 2.16. The molecule has 60 valence electrons. The first kappa shape index (κ1) is 7.52. The number of hydrogen-bond donors (Lipinski definition) is 2. The third-order valence-electron chi connectivity index (χ3n) is 1.34. The highest BCUT2D eigenvalue weighted by Crippen LogP contribution is 1.94. The number of carbonyl (C=O) groups is 2. The van der Waals surface area contributed by atoms with Crippen LogP contribution in [0.4, 0.5) is 4.79 Å². The summed E-state index contributed by atoms with van der Waals surface area (Å²) in [5.74, 6) is -0.643. The number of urea groups is 1. The van der Waals surface area contributed by atoms with Crippen molar-refractivity contribution in [3.05, 3.63) is 0 Å². The van der Waals surface area contributed by atoms with Gasteiger partial charge in [-0.2, -0.15) is 0 Å². The average Bonchev–Trinajstić information content (AvgIpc) is 1.97. The maximum Gasteiger partial charge on any atom is 0.324 e. The van der Waals surface area contributed by atoms with E-state index in [1.165, 1.54) is 11.9 Å². The van der Waals surface area contributed by atoms with Crippen molar-refractivity contribution in [2.75, 3.05) is 13.6 Å². The highest BCUT2D eigenvalue weighted by atomic mass is 16.4. The molecule has 0 unspecified atom stereocenters. The quantitative estimate of drug-likeness (QED) is 0.349. The molecule has 0 aromatic rings. The first-order valence-electron chi connectivity index (χ1n) is 2.92. The summed E-state index contributed by atoms with van der Waals surface area (Å²) in [5, 5.41) is 13.0. The van der Waals surface area contributed by atoms with E-state index >= 15 is 0 Å². The van der Waals surface area contributed by atoms with Gasteiger partial charge in [-0.05, 0) is 0 Å². The van der Waals surface area contributed by atoms with Gasteiger partial charge in [-0.25, -0.2) is 4.79 Å². The lowest BCUT2D eigenvalue weighted by atomic mass is 10.3. The van der Waals surface area contributed by atoms with Crippen molar-refractivity contribution in [1.29, 1.82) is 0 Å². The largest absolute Gasteiger partial charge is 0.410 e. The molecule has 11 heavy (non-hydrogen) atoms. The Labute approximate surface area is 62.5 Å². The van der Waals surface area contributed by atoms with E-state index in [1.807, 2.05) is 5.32 Å². The molecule has 0 radical (unpaired) electrons. The van der Waals surface area contributed by atoms with E-state index < -0.39 is 11.9 Å². The molecule has 0 spiro atoms. The molecule has 1 saturated heterocycles. The number of amides is 3. The highest BCUT2D eigenvalue weighted by Gasteiger charge is 2.26. The molecule has 0 aromatic heterocycles. The maximum absolute atomic E-state index is 10.7. The highest BCUT2D eigenvalue weighted by molar-refractivity contribution is 6.43. The maximum atomic E-state index is 10.7. The van der Waals surface area contributed by atoms with Crippen LogP contribution in [-0.4, -0.2) is 41.3 Å². The first-order chi connectivity index (χ1) is 5.15. The predicted octanol–water partition coefficient (Wildman–Crippen LogP) is -1.00. The molecular weight excluding hydrogens is 150 g/mol. The van der Waals surface area contributed by atoms with Gasteiger partial charge in [0.15, 0.2) is 5.71 Å². The molecule has 1 aliphatic rings.